The molecule has 3 heterocycles. The number of alkyl halides is 2. The van der Waals surface area contributed by atoms with Crippen LogP contribution in [0.5, 0.6) is 11.5 Å². The van der Waals surface area contributed by atoms with Crippen molar-refractivity contribution in [3.8, 4) is 22.9 Å². The van der Waals surface area contributed by atoms with E-state index in [0.717, 1.165) is 5.39 Å². The Morgan fingerprint density at radius 3 is 2.81 bits per heavy atom. The van der Waals surface area contributed by atoms with Gasteiger partial charge < -0.3 is 9.47 Å². The average Bonchev–Trinajstić information content (AvgIpc) is 3.20. The second-order valence-corrected chi connectivity index (χ2v) is 5.43. The quantitative estimate of drug-likeness (QED) is 0.544. The highest BCUT2D eigenvalue weighted by Crippen LogP contribution is 2.33. The molecule has 0 bridgehead atoms. The molecule has 0 spiro atoms. The van der Waals surface area contributed by atoms with Crippen LogP contribution in [0, 0.1) is 0 Å². The number of halogens is 2. The van der Waals surface area contributed by atoms with Gasteiger partial charge in [0.1, 0.15) is 6.33 Å². The summed E-state index contributed by atoms with van der Waals surface area (Å²) in [7, 11) is 1.79. The van der Waals surface area contributed by atoms with Crippen LogP contribution in [-0.4, -0.2) is 42.6 Å². The maximum atomic E-state index is 12.5. The fraction of sp³-hybridized carbons (Fsp3) is 0.250. The zero-order chi connectivity index (χ0) is 18.3. The van der Waals surface area contributed by atoms with Crippen molar-refractivity contribution in [1.82, 2.24) is 29.4 Å². The predicted octanol–water partition coefficient (Wildman–Crippen LogP) is 2.68. The van der Waals surface area contributed by atoms with E-state index in [2.05, 4.69) is 24.9 Å². The lowest BCUT2D eigenvalue weighted by molar-refractivity contribution is -0.0514. The minimum atomic E-state index is -2.93. The van der Waals surface area contributed by atoms with Crippen LogP contribution in [-0.2, 0) is 7.05 Å². The largest absolute Gasteiger partial charge is 0.490 e. The monoisotopic (exact) mass is 360 g/mol. The Kier molecular flexibility index (Phi) is 3.86. The zero-order valence-corrected chi connectivity index (χ0v) is 13.9. The lowest BCUT2D eigenvalue weighted by Crippen LogP contribution is -2.04. The van der Waals surface area contributed by atoms with Crippen molar-refractivity contribution < 1.29 is 18.3 Å². The molecule has 0 amide bonds. The molecule has 26 heavy (non-hydrogen) atoms. The van der Waals surface area contributed by atoms with E-state index >= 15 is 0 Å². The molecule has 4 aromatic rings. The molecule has 0 radical (unpaired) electrons. The van der Waals surface area contributed by atoms with Crippen molar-refractivity contribution in [2.75, 3.05) is 6.61 Å². The standard InChI is InChI=1S/C16H14F2N6O2/c1-3-25-12-6-9(4-5-11(12)26-16(17)18)13-21-15-10-7-20-23(2)14(10)19-8-24(15)22-13/h4-8,16H,3H2,1-2H3. The highest BCUT2D eigenvalue weighted by molar-refractivity contribution is 5.89. The predicted molar refractivity (Wildman–Crippen MR) is 88.3 cm³/mol. The van der Waals surface area contributed by atoms with Crippen LogP contribution in [0.1, 0.15) is 6.92 Å². The third-order valence-electron chi connectivity index (χ3n) is 3.79. The number of aryl methyl sites for hydroxylation is 1. The van der Waals surface area contributed by atoms with Gasteiger partial charge in [0.05, 0.1) is 18.2 Å². The topological polar surface area (TPSA) is 79.4 Å². The SMILES string of the molecule is CCOc1cc(-c2nc3c4cnn(C)c4ncn3n2)ccc1OC(F)F. The molecule has 1 aromatic carbocycles. The van der Waals surface area contributed by atoms with Gasteiger partial charge in [0.2, 0.25) is 0 Å². The first-order chi connectivity index (χ1) is 12.6. The third-order valence-corrected chi connectivity index (χ3v) is 3.79. The molecule has 0 aliphatic heterocycles. The number of aromatic nitrogens is 6. The van der Waals surface area contributed by atoms with E-state index < -0.39 is 6.61 Å². The van der Waals surface area contributed by atoms with Gasteiger partial charge in [-0.1, -0.05) is 0 Å². The van der Waals surface area contributed by atoms with Crippen LogP contribution >= 0.6 is 0 Å². The summed E-state index contributed by atoms with van der Waals surface area (Å²) < 4.78 is 38.1. The summed E-state index contributed by atoms with van der Waals surface area (Å²) >= 11 is 0. The molecule has 0 fully saturated rings. The highest BCUT2D eigenvalue weighted by Gasteiger charge is 2.16. The molecule has 0 N–H and O–H groups in total. The van der Waals surface area contributed by atoms with Crippen molar-refractivity contribution in [1.29, 1.82) is 0 Å². The van der Waals surface area contributed by atoms with Crippen LogP contribution in [0.2, 0.25) is 0 Å². The van der Waals surface area contributed by atoms with Crippen LogP contribution in [0.25, 0.3) is 28.1 Å². The van der Waals surface area contributed by atoms with Crippen molar-refractivity contribution in [3.05, 3.63) is 30.7 Å². The van der Waals surface area contributed by atoms with Gasteiger partial charge in [-0.3, -0.25) is 4.68 Å². The number of hydrogen-bond donors (Lipinski definition) is 0. The number of fused-ring (bicyclic) bond motifs is 3. The van der Waals surface area contributed by atoms with Gasteiger partial charge in [0.15, 0.2) is 28.6 Å². The van der Waals surface area contributed by atoms with E-state index in [1.54, 1.807) is 47.8 Å². The lowest BCUT2D eigenvalue weighted by Gasteiger charge is -2.11. The molecule has 0 aliphatic rings. The Hall–Kier alpha value is -3.30. The summed E-state index contributed by atoms with van der Waals surface area (Å²) in [5.74, 6) is 0.576. The van der Waals surface area contributed by atoms with E-state index in [0.29, 0.717) is 29.3 Å². The second-order valence-electron chi connectivity index (χ2n) is 5.43. The summed E-state index contributed by atoms with van der Waals surface area (Å²) in [5, 5.41) is 9.33. The van der Waals surface area contributed by atoms with E-state index in [4.69, 9.17) is 4.74 Å². The first-order valence-corrected chi connectivity index (χ1v) is 7.82. The van der Waals surface area contributed by atoms with E-state index in [-0.39, 0.29) is 11.5 Å². The molecule has 0 saturated heterocycles. The van der Waals surface area contributed by atoms with Gasteiger partial charge in [-0.25, -0.2) is 14.5 Å². The summed E-state index contributed by atoms with van der Waals surface area (Å²) in [6, 6.07) is 4.59. The van der Waals surface area contributed by atoms with E-state index in [1.165, 1.54) is 6.07 Å². The minimum absolute atomic E-state index is 0.0364. The number of benzene rings is 1. The Morgan fingerprint density at radius 2 is 2.04 bits per heavy atom. The highest BCUT2D eigenvalue weighted by atomic mass is 19.3. The first-order valence-electron chi connectivity index (χ1n) is 7.82. The summed E-state index contributed by atoms with van der Waals surface area (Å²) in [5.41, 5.74) is 1.90. The van der Waals surface area contributed by atoms with Gasteiger partial charge in [-0.05, 0) is 25.1 Å². The van der Waals surface area contributed by atoms with Gasteiger partial charge in [-0.15, -0.1) is 5.10 Å². The molecule has 134 valence electrons. The second kappa shape index (κ2) is 6.21. The maximum absolute atomic E-state index is 12.5. The normalized spacial score (nSPS) is 11.6. The van der Waals surface area contributed by atoms with Crippen molar-refractivity contribution in [2.45, 2.75) is 13.5 Å². The third kappa shape index (κ3) is 2.68. The summed E-state index contributed by atoms with van der Waals surface area (Å²) in [6.07, 6.45) is 3.22. The van der Waals surface area contributed by atoms with Gasteiger partial charge >= 0.3 is 6.61 Å². The fourth-order valence-electron chi connectivity index (χ4n) is 2.67. The van der Waals surface area contributed by atoms with Crippen molar-refractivity contribution in [3.63, 3.8) is 0 Å². The molecular weight excluding hydrogens is 346 g/mol. The van der Waals surface area contributed by atoms with Crippen LogP contribution in [0.4, 0.5) is 8.78 Å². The van der Waals surface area contributed by atoms with Gasteiger partial charge in [0, 0.05) is 12.6 Å². The molecule has 10 heteroatoms. The van der Waals surface area contributed by atoms with Crippen LogP contribution in [0.3, 0.4) is 0 Å². The smallest absolute Gasteiger partial charge is 0.387 e. The van der Waals surface area contributed by atoms with Crippen molar-refractivity contribution >= 4 is 16.7 Å². The van der Waals surface area contributed by atoms with Gasteiger partial charge in [-0.2, -0.15) is 13.9 Å². The summed E-state index contributed by atoms with van der Waals surface area (Å²) in [4.78, 5) is 8.83. The average molecular weight is 360 g/mol. The molecule has 0 atom stereocenters. The maximum Gasteiger partial charge on any atom is 0.387 e. The Labute approximate surface area is 146 Å². The summed E-state index contributed by atoms with van der Waals surface area (Å²) in [6.45, 7) is -0.868. The van der Waals surface area contributed by atoms with Crippen molar-refractivity contribution in [2.24, 2.45) is 7.05 Å². The lowest BCUT2D eigenvalue weighted by atomic mass is 10.2. The van der Waals surface area contributed by atoms with Crippen LogP contribution in [0.15, 0.2) is 30.7 Å². The molecule has 4 rings (SSSR count). The number of nitrogens with zero attached hydrogens (tertiary/aromatic N) is 6. The number of rotatable bonds is 5. The minimum Gasteiger partial charge on any atom is -0.490 e. The number of ether oxygens (including phenoxy) is 2. The van der Waals surface area contributed by atoms with Gasteiger partial charge in [0.25, 0.3) is 0 Å². The molecule has 8 nitrogen and oxygen atoms in total. The Morgan fingerprint density at radius 1 is 1.19 bits per heavy atom. The van der Waals surface area contributed by atoms with E-state index in [1.807, 2.05) is 0 Å². The molecule has 3 aromatic heterocycles. The first kappa shape index (κ1) is 16.2. The van der Waals surface area contributed by atoms with E-state index in [9.17, 15) is 8.78 Å². The zero-order valence-electron chi connectivity index (χ0n) is 13.9. The molecule has 0 unspecified atom stereocenters. The molecule has 0 aliphatic carbocycles. The fourth-order valence-corrected chi connectivity index (χ4v) is 2.67. The Balaban J connectivity index is 1.81. The molecular formula is C16H14F2N6O2. The van der Waals surface area contributed by atoms with Crippen LogP contribution < -0.4 is 9.47 Å². The number of hydrogen-bond acceptors (Lipinski definition) is 6. The molecule has 0 saturated carbocycles. The Bertz CT molecular complexity index is 1090.